The zero-order valence-corrected chi connectivity index (χ0v) is 80.1. The van der Waals surface area contributed by atoms with E-state index in [-0.39, 0.29) is 15.9 Å². The molecular formula is C120H63Cl3N10S6. The highest BCUT2D eigenvalue weighted by molar-refractivity contribution is 7.29. The van der Waals surface area contributed by atoms with Gasteiger partial charge >= 0.3 is 0 Å². The zero-order valence-electron chi connectivity index (χ0n) is 72.9. The smallest absolute Gasteiger partial charge is 0.225 e. The first-order valence-corrected chi connectivity index (χ1v) is 51.8. The molecule has 0 spiro atoms. The highest BCUT2D eigenvalue weighted by atomic mass is 35.5. The highest BCUT2D eigenvalue weighted by Gasteiger charge is 2.31. The molecule has 0 aliphatic heterocycles. The normalized spacial score (nSPS) is 12.3. The number of thiophene rings is 6. The highest BCUT2D eigenvalue weighted by Crippen LogP contribution is 2.56. The lowest BCUT2D eigenvalue weighted by Gasteiger charge is -2.11. The Morgan fingerprint density at radius 1 is 0.173 bits per heavy atom. The van der Waals surface area contributed by atoms with Crippen molar-refractivity contribution < 1.29 is 0 Å². The van der Waals surface area contributed by atoms with Gasteiger partial charge in [-0.2, -0.15) is 15.0 Å². The van der Waals surface area contributed by atoms with Gasteiger partial charge in [0.25, 0.3) is 0 Å². The SMILES string of the molecule is Clc1nc(-n2c3ccc(-c4ccc5c(c4)c4ccccc4n5-c4ccccc4)cc3c3c4ccccc4c4c5ccccc5sc4c32)c2sc3ccccc3c2n1.Clc1nc(-n2c3ccccc3c3c4ccccc4c4c5cc(-c6ccccc6)ccc5sc4c32)c2sc3ccccc3c2n1.Clc1nc(-n2c3ccccc3c3c4ccccc4c4c5ccccc5sc4c32)c2sc3ccccc3c2n1. The number of halogens is 3. The van der Waals surface area contributed by atoms with E-state index >= 15 is 0 Å². The second-order valence-corrected chi connectivity index (χ2v) is 42.6. The van der Waals surface area contributed by atoms with Crippen LogP contribution < -0.4 is 0 Å². The predicted molar refractivity (Wildman–Crippen MR) is 599 cm³/mol. The van der Waals surface area contributed by atoms with Crippen molar-refractivity contribution in [1.82, 2.24) is 48.2 Å². The third kappa shape index (κ3) is 11.8. The van der Waals surface area contributed by atoms with E-state index in [9.17, 15) is 0 Å². The van der Waals surface area contributed by atoms with Crippen LogP contribution in [0, 0.1) is 0 Å². The Kier molecular flexibility index (Phi) is 17.7. The van der Waals surface area contributed by atoms with Crippen LogP contribution in [0.1, 0.15) is 0 Å². The molecule has 0 saturated carbocycles. The van der Waals surface area contributed by atoms with Crippen LogP contribution >= 0.6 is 103 Å². The van der Waals surface area contributed by atoms with Gasteiger partial charge in [0, 0.05) is 125 Å². The van der Waals surface area contributed by atoms with Crippen molar-refractivity contribution in [3.05, 3.63) is 398 Å². The Morgan fingerprint density at radius 3 is 0.856 bits per heavy atom. The van der Waals surface area contributed by atoms with E-state index in [0.29, 0.717) is 0 Å². The van der Waals surface area contributed by atoms with Gasteiger partial charge in [0.2, 0.25) is 15.9 Å². The van der Waals surface area contributed by atoms with Gasteiger partial charge in [-0.25, -0.2) is 15.0 Å². The molecule has 32 rings (SSSR count). The number of nitrogens with zero attached hydrogens (tertiary/aromatic N) is 10. The van der Waals surface area contributed by atoms with E-state index in [0.717, 1.165) is 108 Å². The first-order chi connectivity index (χ1) is 68.7. The average Bonchev–Trinajstić information content (AvgIpc) is 1.54. The predicted octanol–water partition coefficient (Wildman–Crippen LogP) is 36.8. The quantitative estimate of drug-likeness (QED) is 0.154. The van der Waals surface area contributed by atoms with E-state index in [2.05, 4.69) is 400 Å². The summed E-state index contributed by atoms with van der Waals surface area (Å²) in [7, 11) is 0. The van der Waals surface area contributed by atoms with E-state index in [4.69, 9.17) is 64.7 Å². The molecular weight excluding hydrogens is 1880 g/mol. The molecule has 13 aromatic heterocycles. The van der Waals surface area contributed by atoms with Gasteiger partial charge in [-0.05, 0) is 186 Å². The number of para-hydroxylation sites is 4. The van der Waals surface area contributed by atoms with Crippen LogP contribution in [0.15, 0.2) is 382 Å². The molecule has 10 nitrogen and oxygen atoms in total. The van der Waals surface area contributed by atoms with Crippen LogP contribution in [0.25, 0.3) is 286 Å². The summed E-state index contributed by atoms with van der Waals surface area (Å²) in [6, 6.07) is 137. The molecule has 0 aliphatic carbocycles. The van der Waals surface area contributed by atoms with E-state index in [1.54, 1.807) is 34.0 Å². The van der Waals surface area contributed by atoms with Gasteiger partial charge in [-0.3, -0.25) is 13.7 Å². The van der Waals surface area contributed by atoms with Gasteiger partial charge in [0.1, 0.15) is 0 Å². The van der Waals surface area contributed by atoms with Crippen molar-refractivity contribution in [3.63, 3.8) is 0 Å². The summed E-state index contributed by atoms with van der Waals surface area (Å²) in [6.45, 7) is 0. The lowest BCUT2D eigenvalue weighted by atomic mass is 9.97. The fraction of sp³-hybridized carbons (Fsp3) is 0. The molecule has 0 unspecified atom stereocenters. The zero-order chi connectivity index (χ0) is 91.3. The maximum absolute atomic E-state index is 6.88. The van der Waals surface area contributed by atoms with Gasteiger partial charge in [-0.15, -0.1) is 68.0 Å². The molecule has 0 amide bonds. The molecule has 0 radical (unpaired) electrons. The summed E-state index contributed by atoms with van der Waals surface area (Å²) in [5, 5.41) is 29.0. The molecule has 0 bridgehead atoms. The average molecular weight is 1940 g/mol. The van der Waals surface area contributed by atoms with Crippen LogP contribution in [-0.4, -0.2) is 48.2 Å². The lowest BCUT2D eigenvalue weighted by molar-refractivity contribution is 1.08. The van der Waals surface area contributed by atoms with Crippen LogP contribution in [0.2, 0.25) is 15.9 Å². The fourth-order valence-electron chi connectivity index (χ4n) is 22.2. The van der Waals surface area contributed by atoms with Gasteiger partial charge in [0.05, 0.1) is 88.9 Å². The van der Waals surface area contributed by atoms with E-state index < -0.39 is 0 Å². The molecule has 0 aliphatic rings. The summed E-state index contributed by atoms with van der Waals surface area (Å²) < 4.78 is 23.6. The van der Waals surface area contributed by atoms with Crippen molar-refractivity contribution >= 4 is 344 Å². The Morgan fingerprint density at radius 2 is 0.439 bits per heavy atom. The Hall–Kier alpha value is -15.4. The maximum Gasteiger partial charge on any atom is 0.225 e. The minimum atomic E-state index is 0.240. The molecule has 139 heavy (non-hydrogen) atoms. The number of fused-ring (bicyclic) bond motifs is 42. The van der Waals surface area contributed by atoms with Gasteiger partial charge in [-0.1, -0.05) is 285 Å². The van der Waals surface area contributed by atoms with Crippen molar-refractivity contribution in [2.45, 2.75) is 0 Å². The van der Waals surface area contributed by atoms with Gasteiger partial charge < -0.3 is 4.57 Å². The first kappa shape index (κ1) is 79.8. The summed E-state index contributed by atoms with van der Waals surface area (Å²) in [6.07, 6.45) is 0. The topological polar surface area (TPSA) is 97.1 Å². The number of aromatic nitrogens is 10. The summed E-state index contributed by atoms with van der Waals surface area (Å²) in [4.78, 5) is 29.2. The second-order valence-electron chi connectivity index (χ2n) is 35.3. The summed E-state index contributed by atoms with van der Waals surface area (Å²) in [5.74, 6) is 2.47. The maximum atomic E-state index is 6.88. The molecule has 19 aromatic carbocycles. The van der Waals surface area contributed by atoms with E-state index in [1.807, 2.05) is 34.0 Å². The molecule has 32 aromatic rings. The molecule has 0 fully saturated rings. The number of hydrogen-bond acceptors (Lipinski definition) is 12. The Labute approximate surface area is 827 Å². The monoisotopic (exact) mass is 1940 g/mol. The van der Waals surface area contributed by atoms with Crippen LogP contribution in [-0.2, 0) is 0 Å². The fourth-order valence-corrected chi connectivity index (χ4v) is 29.9. The third-order valence-electron chi connectivity index (χ3n) is 27.9. The number of hydrogen-bond donors (Lipinski definition) is 0. The standard InChI is InChI=1S/C50H27ClN4S2.C38H20ClN3S2.C32H16ClN3S2/c51-50-52-45-35-18-8-11-21-42(35)57-48(45)49(53-50)55-40-25-23-29(28-22-24-39-36(26-28)31-14-6-9-19-38(31)54(39)30-12-2-1-3-13-30)27-37(40)43-32-15-4-5-16-33(32)44-34-17-7-10-20-41(34)56-47(44)46(43)55;39-38-40-33-26-15-7-9-17-29(26)44-36(33)37(41-38)42-28-16-8-6-14-25(28)31-23-12-4-5-13-24(23)32-27-20-22(21-10-2-1-3-11-21)18-19-30(27)43-35(32)34(31)42;33-32-34-27-21-13-5-8-16-24(21)38-30(27)31(35-32)36-22-14-6-3-11-19(22)25-17-9-1-2-10-18(17)26-20-12-4-7-15-23(20)37-29(26)28(25)36/h1-27H;1-20H;1-16H. The molecule has 13 heterocycles. The first-order valence-electron chi connectivity index (χ1n) is 45.8. The minimum absolute atomic E-state index is 0.240. The summed E-state index contributed by atoms with van der Waals surface area (Å²) >= 11 is 31.0. The molecule has 0 saturated heterocycles. The van der Waals surface area contributed by atoms with Crippen LogP contribution in [0.4, 0.5) is 0 Å². The lowest BCUT2D eigenvalue weighted by Crippen LogP contribution is -2.00. The second kappa shape index (κ2) is 30.8. The van der Waals surface area contributed by atoms with Crippen molar-refractivity contribution in [3.8, 4) is 45.4 Å². The molecule has 19 heteroatoms. The summed E-state index contributed by atoms with van der Waals surface area (Å²) in [5.41, 5.74) is 17.8. The third-order valence-corrected chi connectivity index (χ3v) is 35.4. The molecule has 650 valence electrons. The van der Waals surface area contributed by atoms with Crippen molar-refractivity contribution in [2.75, 3.05) is 0 Å². The number of benzene rings is 19. The van der Waals surface area contributed by atoms with Crippen molar-refractivity contribution in [1.29, 1.82) is 0 Å². The van der Waals surface area contributed by atoms with E-state index in [1.165, 1.54) is 179 Å². The minimum Gasteiger partial charge on any atom is -0.309 e. The molecule has 0 atom stereocenters. The van der Waals surface area contributed by atoms with Crippen LogP contribution in [0.5, 0.6) is 0 Å². The largest absolute Gasteiger partial charge is 0.309 e. The Bertz CT molecular complexity index is 11000. The number of rotatable bonds is 6. The van der Waals surface area contributed by atoms with Crippen molar-refractivity contribution in [2.24, 2.45) is 0 Å². The molecule has 0 N–H and O–H groups in total. The van der Waals surface area contributed by atoms with Crippen LogP contribution in [0.3, 0.4) is 0 Å². The Balaban J connectivity index is 0.000000101. The van der Waals surface area contributed by atoms with Gasteiger partial charge in [0.15, 0.2) is 17.5 Å².